The number of aromatic hydroxyl groups is 1. The molecule has 1 N–H and O–H groups in total. The van der Waals surface area contributed by atoms with Crippen molar-refractivity contribution in [1.29, 1.82) is 0 Å². The molecule has 9 heteroatoms. The molecule has 1 amide bonds. The average molecular weight is 724 g/mol. The normalized spacial score (nSPS) is 23.8. The van der Waals surface area contributed by atoms with Crippen molar-refractivity contribution in [2.75, 3.05) is 55.6 Å². The number of hydrogen-bond donors (Lipinski definition) is 1. The standard InChI is InChI=1S/C45H49N5O4/c51-36-9-13-39-32(25-36)6-11-38(31-4-2-1-3-5-31)44(39)33-7-15-43(46-27-33)49-18-16-30(17-19-49)28-47-20-22-48(23-21-47)35-8-12-40-34(24-35)29-50(45(40)54)41-14-10-37(52)26-42(41)53/h1-5,7-9,12-13,15,24-25,27,30,38,41,44,51H,6,10-11,14,16-23,26,28-29H2/t38-,41?,44+/m0/s1. The first kappa shape index (κ1) is 34.7. The van der Waals surface area contributed by atoms with Crippen LogP contribution < -0.4 is 9.80 Å². The first-order valence-electron chi connectivity index (χ1n) is 19.9. The Bertz CT molecular complexity index is 2030. The number of phenolic OH excluding ortho intramolecular Hbond substituents is 1. The summed E-state index contributed by atoms with van der Waals surface area (Å²) in [6.07, 6.45) is 7.18. The fraction of sp³-hybridized carbons (Fsp3) is 0.422. The minimum absolute atomic E-state index is 0.0192. The van der Waals surface area contributed by atoms with Gasteiger partial charge >= 0.3 is 0 Å². The van der Waals surface area contributed by atoms with Gasteiger partial charge in [-0.2, -0.15) is 0 Å². The second-order valence-corrected chi connectivity index (χ2v) is 16.1. The van der Waals surface area contributed by atoms with E-state index in [0.29, 0.717) is 42.5 Å². The molecule has 54 heavy (non-hydrogen) atoms. The van der Waals surface area contributed by atoms with Crippen LogP contribution >= 0.6 is 0 Å². The Kier molecular flexibility index (Phi) is 9.43. The quantitative estimate of drug-likeness (QED) is 0.221. The summed E-state index contributed by atoms with van der Waals surface area (Å²) in [5.74, 6) is 2.41. The summed E-state index contributed by atoms with van der Waals surface area (Å²) in [6, 6.07) is 26.9. The number of pyridine rings is 1. The SMILES string of the molecule is O=C1CCC(N2Cc3cc(N4CCN(CC5CCN(c6ccc([C@H]7c8ccc(O)cc8CC[C@H]7c7ccccc7)cn6)CC5)CC4)ccc3C2=O)C(=O)C1. The minimum atomic E-state index is -0.478. The van der Waals surface area contributed by atoms with Crippen molar-refractivity contribution in [3.63, 3.8) is 0 Å². The second kappa shape index (κ2) is 14.7. The molecule has 0 spiro atoms. The van der Waals surface area contributed by atoms with Gasteiger partial charge in [0.1, 0.15) is 17.4 Å². The van der Waals surface area contributed by atoms with Gasteiger partial charge in [-0.25, -0.2) is 4.98 Å². The van der Waals surface area contributed by atoms with Crippen LogP contribution in [0, 0.1) is 5.92 Å². The number of Topliss-reactive ketones (excluding diaryl/α,β-unsaturated/α-hetero) is 2. The number of nitrogens with zero attached hydrogens (tertiary/aromatic N) is 5. The molecule has 9 nitrogen and oxygen atoms in total. The Morgan fingerprint density at radius 1 is 0.722 bits per heavy atom. The van der Waals surface area contributed by atoms with Crippen LogP contribution in [0.15, 0.2) is 85.1 Å². The van der Waals surface area contributed by atoms with Crippen LogP contribution in [0.1, 0.15) is 88.5 Å². The maximum absolute atomic E-state index is 13.2. The first-order chi connectivity index (χ1) is 26.4. The van der Waals surface area contributed by atoms with Crippen molar-refractivity contribution in [3.8, 4) is 5.75 Å². The van der Waals surface area contributed by atoms with E-state index in [0.717, 1.165) is 88.6 Å². The van der Waals surface area contributed by atoms with Gasteiger partial charge in [-0.05, 0) is 108 Å². The van der Waals surface area contributed by atoms with Crippen LogP contribution in [0.4, 0.5) is 11.5 Å². The average Bonchev–Trinajstić information content (AvgIpc) is 3.53. The highest BCUT2D eigenvalue weighted by atomic mass is 16.3. The van der Waals surface area contributed by atoms with Gasteiger partial charge in [0.2, 0.25) is 0 Å². The molecule has 1 aromatic heterocycles. The van der Waals surface area contributed by atoms with E-state index in [-0.39, 0.29) is 29.8 Å². The molecule has 1 unspecified atom stereocenters. The van der Waals surface area contributed by atoms with Gasteiger partial charge in [0.15, 0.2) is 5.78 Å². The summed E-state index contributed by atoms with van der Waals surface area (Å²) in [5.41, 5.74) is 7.94. The number of aromatic nitrogens is 1. The van der Waals surface area contributed by atoms with Crippen molar-refractivity contribution in [1.82, 2.24) is 14.8 Å². The first-order valence-corrected chi connectivity index (χ1v) is 19.9. The molecule has 5 aliphatic rings. The molecule has 4 aromatic rings. The Balaban J connectivity index is 0.780. The smallest absolute Gasteiger partial charge is 0.255 e. The molecule has 3 aliphatic heterocycles. The molecule has 278 valence electrons. The highest BCUT2D eigenvalue weighted by Gasteiger charge is 2.39. The van der Waals surface area contributed by atoms with Gasteiger partial charge in [-0.15, -0.1) is 0 Å². The molecular formula is C45H49N5O4. The topological polar surface area (TPSA) is 97.3 Å². The zero-order valence-electron chi connectivity index (χ0n) is 30.9. The van der Waals surface area contributed by atoms with Gasteiger partial charge in [0, 0.05) is 82.1 Å². The highest BCUT2D eigenvalue weighted by Crippen LogP contribution is 2.47. The molecule has 3 fully saturated rings. The van der Waals surface area contributed by atoms with E-state index < -0.39 is 6.04 Å². The predicted molar refractivity (Wildman–Crippen MR) is 209 cm³/mol. The molecule has 2 saturated heterocycles. The van der Waals surface area contributed by atoms with Gasteiger partial charge in [0.25, 0.3) is 5.91 Å². The number of anilines is 2. The lowest BCUT2D eigenvalue weighted by Gasteiger charge is -2.40. The molecule has 2 aliphatic carbocycles. The van der Waals surface area contributed by atoms with E-state index in [1.807, 2.05) is 18.2 Å². The number of fused-ring (bicyclic) bond motifs is 2. The second-order valence-electron chi connectivity index (χ2n) is 16.1. The van der Waals surface area contributed by atoms with Gasteiger partial charge in [0.05, 0.1) is 12.5 Å². The Hall–Kier alpha value is -5.02. The zero-order valence-corrected chi connectivity index (χ0v) is 30.9. The summed E-state index contributed by atoms with van der Waals surface area (Å²) in [7, 11) is 0. The van der Waals surface area contributed by atoms with Crippen LogP contribution in [0.3, 0.4) is 0 Å². The number of piperazine rings is 1. The fourth-order valence-corrected chi connectivity index (χ4v) is 9.91. The Labute approximate surface area is 317 Å². The van der Waals surface area contributed by atoms with E-state index in [9.17, 15) is 19.5 Å². The van der Waals surface area contributed by atoms with Crippen molar-refractivity contribution in [2.24, 2.45) is 5.92 Å². The van der Waals surface area contributed by atoms with E-state index >= 15 is 0 Å². The molecule has 4 heterocycles. The van der Waals surface area contributed by atoms with Gasteiger partial charge in [-0.3, -0.25) is 19.3 Å². The molecule has 3 aromatic carbocycles. The Morgan fingerprint density at radius 2 is 1.54 bits per heavy atom. The number of carbonyl (C=O) groups excluding carboxylic acids is 3. The third-order valence-electron chi connectivity index (χ3n) is 12.9. The summed E-state index contributed by atoms with van der Waals surface area (Å²) >= 11 is 0. The predicted octanol–water partition coefficient (Wildman–Crippen LogP) is 6.33. The number of piperidine rings is 1. The van der Waals surface area contributed by atoms with E-state index in [1.165, 1.54) is 22.3 Å². The number of hydrogen-bond acceptors (Lipinski definition) is 8. The van der Waals surface area contributed by atoms with Crippen molar-refractivity contribution < 1.29 is 19.5 Å². The number of carbonyl (C=O) groups is 3. The van der Waals surface area contributed by atoms with E-state index in [4.69, 9.17) is 4.98 Å². The summed E-state index contributed by atoms with van der Waals surface area (Å²) in [6.45, 7) is 7.54. The van der Waals surface area contributed by atoms with Crippen molar-refractivity contribution in [2.45, 2.75) is 69.4 Å². The lowest BCUT2D eigenvalue weighted by atomic mass is 9.69. The van der Waals surface area contributed by atoms with Crippen LogP contribution in [0.2, 0.25) is 0 Å². The third-order valence-corrected chi connectivity index (χ3v) is 12.9. The maximum Gasteiger partial charge on any atom is 0.255 e. The molecule has 3 atom stereocenters. The number of amides is 1. The van der Waals surface area contributed by atoms with Crippen LogP contribution in [-0.4, -0.2) is 89.2 Å². The number of rotatable bonds is 7. The zero-order chi connectivity index (χ0) is 36.8. The Morgan fingerprint density at radius 3 is 2.30 bits per heavy atom. The van der Waals surface area contributed by atoms with Crippen molar-refractivity contribution in [3.05, 3.63) is 118 Å². The van der Waals surface area contributed by atoms with E-state index in [1.54, 1.807) is 4.90 Å². The lowest BCUT2D eigenvalue weighted by molar-refractivity contribution is -0.133. The number of ketones is 2. The summed E-state index contributed by atoms with van der Waals surface area (Å²) in [4.78, 5) is 51.7. The summed E-state index contributed by atoms with van der Waals surface area (Å²) < 4.78 is 0. The van der Waals surface area contributed by atoms with E-state index in [2.05, 4.69) is 81.6 Å². The van der Waals surface area contributed by atoms with Crippen molar-refractivity contribution >= 4 is 29.0 Å². The van der Waals surface area contributed by atoms with Crippen LogP contribution in [0.5, 0.6) is 5.75 Å². The molecular weight excluding hydrogens is 675 g/mol. The monoisotopic (exact) mass is 723 g/mol. The number of aryl methyl sites for hydroxylation is 1. The molecule has 9 rings (SSSR count). The minimum Gasteiger partial charge on any atom is -0.508 e. The lowest BCUT2D eigenvalue weighted by Crippen LogP contribution is -2.49. The fourth-order valence-electron chi connectivity index (χ4n) is 9.91. The van der Waals surface area contributed by atoms with Crippen LogP contribution in [0.25, 0.3) is 0 Å². The number of benzene rings is 3. The molecule has 0 radical (unpaired) electrons. The molecule has 0 bridgehead atoms. The maximum atomic E-state index is 13.2. The largest absolute Gasteiger partial charge is 0.508 e. The summed E-state index contributed by atoms with van der Waals surface area (Å²) in [5, 5.41) is 10.2. The highest BCUT2D eigenvalue weighted by molar-refractivity contribution is 6.07. The van der Waals surface area contributed by atoms with Crippen LogP contribution in [-0.2, 0) is 22.6 Å². The van der Waals surface area contributed by atoms with Gasteiger partial charge < -0.3 is 19.8 Å². The van der Waals surface area contributed by atoms with Gasteiger partial charge in [-0.1, -0.05) is 42.5 Å². The molecule has 1 saturated carbocycles. The number of phenols is 1. The third kappa shape index (κ3) is 6.79.